The van der Waals surface area contributed by atoms with Gasteiger partial charge in [-0.3, -0.25) is 14.3 Å². The number of ether oxygens (including phenoxy) is 1. The summed E-state index contributed by atoms with van der Waals surface area (Å²) in [6.45, 7) is 3.49. The van der Waals surface area contributed by atoms with Gasteiger partial charge in [0.2, 0.25) is 5.91 Å². The molecule has 0 saturated carbocycles. The van der Waals surface area contributed by atoms with Crippen LogP contribution in [0.15, 0.2) is 47.4 Å². The number of nitrogens with one attached hydrogen (secondary N) is 2. The fourth-order valence-electron chi connectivity index (χ4n) is 2.98. The van der Waals surface area contributed by atoms with E-state index in [-0.39, 0.29) is 32.1 Å². The van der Waals surface area contributed by atoms with Crippen LogP contribution in [-0.2, 0) is 19.6 Å². The molecule has 3 rings (SSSR count). The molecule has 1 aliphatic rings. The van der Waals surface area contributed by atoms with E-state index < -0.39 is 22.0 Å². The third kappa shape index (κ3) is 5.88. The molecule has 2 aromatic carbocycles. The quantitative estimate of drug-likeness (QED) is 0.654. The predicted molar refractivity (Wildman–Crippen MR) is 118 cm³/mol. The minimum Gasteiger partial charge on any atom is -0.378 e. The van der Waals surface area contributed by atoms with Gasteiger partial charge in [-0.25, -0.2) is 8.42 Å². The van der Waals surface area contributed by atoms with Gasteiger partial charge in [0.05, 0.1) is 28.2 Å². The zero-order valence-electron chi connectivity index (χ0n) is 16.6. The van der Waals surface area contributed by atoms with Crippen molar-refractivity contribution < 1.29 is 22.7 Å². The second kappa shape index (κ2) is 9.86. The maximum atomic E-state index is 12.6. The Morgan fingerprint density at radius 1 is 1.06 bits per heavy atom. The van der Waals surface area contributed by atoms with Crippen molar-refractivity contribution in [3.05, 3.63) is 58.1 Å². The largest absolute Gasteiger partial charge is 0.378 e. The van der Waals surface area contributed by atoms with E-state index in [2.05, 4.69) is 10.0 Å². The van der Waals surface area contributed by atoms with Crippen molar-refractivity contribution in [3.63, 3.8) is 0 Å². The number of carbonyl (C=O) groups is 2. The molecule has 11 heteroatoms. The summed E-state index contributed by atoms with van der Waals surface area (Å²) in [7, 11) is -3.94. The van der Waals surface area contributed by atoms with Crippen LogP contribution in [0, 0.1) is 0 Å². The summed E-state index contributed by atoms with van der Waals surface area (Å²) in [5.41, 5.74) is 0.391. The number of benzene rings is 2. The van der Waals surface area contributed by atoms with Crippen LogP contribution in [0.3, 0.4) is 0 Å². The Balaban J connectivity index is 1.69. The molecule has 1 saturated heterocycles. The molecule has 0 bridgehead atoms. The summed E-state index contributed by atoms with van der Waals surface area (Å²) in [6, 6.07) is 9.17. The number of morpholine rings is 1. The topological polar surface area (TPSA) is 105 Å². The third-order valence-corrected chi connectivity index (χ3v) is 6.74. The number of amides is 2. The Morgan fingerprint density at radius 2 is 1.77 bits per heavy atom. The normalized spacial score (nSPS) is 15.3. The minimum absolute atomic E-state index is 0.0681. The van der Waals surface area contributed by atoms with Crippen molar-refractivity contribution in [1.82, 2.24) is 10.2 Å². The number of hydrogen-bond donors (Lipinski definition) is 2. The minimum atomic E-state index is -3.94. The molecule has 0 spiro atoms. The lowest BCUT2D eigenvalue weighted by atomic mass is 10.1. The molecule has 1 aliphatic heterocycles. The highest BCUT2D eigenvalue weighted by Crippen LogP contribution is 2.26. The number of halogens is 2. The highest BCUT2D eigenvalue weighted by molar-refractivity contribution is 7.92. The smallest absolute Gasteiger partial charge is 0.261 e. The Hall–Kier alpha value is -2.33. The van der Waals surface area contributed by atoms with Crippen LogP contribution in [0.2, 0.25) is 10.0 Å². The lowest BCUT2D eigenvalue weighted by molar-refractivity contribution is -0.136. The maximum Gasteiger partial charge on any atom is 0.261 e. The van der Waals surface area contributed by atoms with Crippen LogP contribution < -0.4 is 10.0 Å². The van der Waals surface area contributed by atoms with Gasteiger partial charge in [0.15, 0.2) is 0 Å². The van der Waals surface area contributed by atoms with Gasteiger partial charge in [-0.05, 0) is 43.3 Å². The summed E-state index contributed by atoms with van der Waals surface area (Å²) < 4.78 is 32.9. The molecule has 1 fully saturated rings. The van der Waals surface area contributed by atoms with E-state index in [1.54, 1.807) is 11.8 Å². The van der Waals surface area contributed by atoms with E-state index in [0.717, 1.165) is 0 Å². The van der Waals surface area contributed by atoms with E-state index in [9.17, 15) is 18.0 Å². The first kappa shape index (κ1) is 23.3. The number of carbonyl (C=O) groups excluding carboxylic acids is 2. The van der Waals surface area contributed by atoms with Crippen LogP contribution in [0.25, 0.3) is 0 Å². The van der Waals surface area contributed by atoms with Crippen LogP contribution in [0.1, 0.15) is 17.3 Å². The van der Waals surface area contributed by atoms with Crippen molar-refractivity contribution in [2.75, 3.05) is 31.0 Å². The van der Waals surface area contributed by atoms with Gasteiger partial charge >= 0.3 is 0 Å². The second-order valence-electron chi connectivity index (χ2n) is 6.90. The van der Waals surface area contributed by atoms with Gasteiger partial charge < -0.3 is 15.0 Å². The first-order valence-electron chi connectivity index (χ1n) is 9.43. The molecule has 0 aliphatic carbocycles. The number of nitrogens with zero attached hydrogens (tertiary/aromatic N) is 1. The van der Waals surface area contributed by atoms with Crippen molar-refractivity contribution in [3.8, 4) is 0 Å². The summed E-state index contributed by atoms with van der Waals surface area (Å²) in [6.07, 6.45) is 0. The van der Waals surface area contributed by atoms with Crippen LogP contribution in [0.4, 0.5) is 5.69 Å². The Kier molecular flexibility index (Phi) is 7.42. The Morgan fingerprint density at radius 3 is 2.45 bits per heavy atom. The number of hydrogen-bond acceptors (Lipinski definition) is 5. The lowest BCUT2D eigenvalue weighted by Crippen LogP contribution is -2.50. The van der Waals surface area contributed by atoms with Crippen LogP contribution >= 0.6 is 23.2 Å². The zero-order chi connectivity index (χ0) is 22.6. The first-order valence-corrected chi connectivity index (χ1v) is 11.7. The Bertz CT molecular complexity index is 1090. The fraction of sp³-hybridized carbons (Fsp3) is 0.300. The molecular formula is C20H21Cl2N3O5S. The molecular weight excluding hydrogens is 465 g/mol. The highest BCUT2D eigenvalue weighted by Gasteiger charge is 2.24. The van der Waals surface area contributed by atoms with Crippen molar-refractivity contribution in [2.24, 2.45) is 0 Å². The van der Waals surface area contributed by atoms with Gasteiger partial charge in [-0.1, -0.05) is 29.3 Å². The van der Waals surface area contributed by atoms with Gasteiger partial charge in [-0.2, -0.15) is 0 Å². The molecule has 1 heterocycles. The summed E-state index contributed by atoms with van der Waals surface area (Å²) in [4.78, 5) is 26.6. The molecule has 8 nitrogen and oxygen atoms in total. The third-order valence-electron chi connectivity index (χ3n) is 4.62. The molecule has 31 heavy (non-hydrogen) atoms. The summed E-state index contributed by atoms with van der Waals surface area (Å²) in [5.74, 6) is -0.696. The number of anilines is 1. The van der Waals surface area contributed by atoms with Crippen molar-refractivity contribution in [1.29, 1.82) is 0 Å². The van der Waals surface area contributed by atoms with E-state index in [1.165, 1.54) is 42.5 Å². The zero-order valence-corrected chi connectivity index (χ0v) is 18.9. The molecule has 2 amide bonds. The van der Waals surface area contributed by atoms with Crippen LogP contribution in [-0.4, -0.2) is 57.5 Å². The second-order valence-corrected chi connectivity index (χ2v) is 9.39. The Labute approximate surface area is 190 Å². The molecule has 2 N–H and O–H groups in total. The average molecular weight is 486 g/mol. The maximum absolute atomic E-state index is 12.6. The summed E-state index contributed by atoms with van der Waals surface area (Å²) >= 11 is 11.7. The van der Waals surface area contributed by atoms with Crippen LogP contribution in [0.5, 0.6) is 0 Å². The average Bonchev–Trinajstić information content (AvgIpc) is 2.75. The molecule has 2 aromatic rings. The fourth-order valence-corrected chi connectivity index (χ4v) is 4.42. The van der Waals surface area contributed by atoms with Gasteiger partial charge in [0, 0.05) is 24.3 Å². The van der Waals surface area contributed by atoms with E-state index in [4.69, 9.17) is 27.9 Å². The standard InChI is InChI=1S/C20H21Cl2N3O5S/c1-13(20(27)25-7-9-30-10-8-25)23-19(26)14-3-2-4-15(11-14)24-31(28,29)16-5-6-17(21)18(22)12-16/h2-6,11-13,24H,7-10H2,1H3,(H,23,26). The lowest BCUT2D eigenvalue weighted by Gasteiger charge is -2.29. The van der Waals surface area contributed by atoms with E-state index >= 15 is 0 Å². The first-order chi connectivity index (χ1) is 14.7. The van der Waals surface area contributed by atoms with E-state index in [0.29, 0.717) is 26.3 Å². The van der Waals surface area contributed by atoms with Gasteiger partial charge in [0.25, 0.3) is 15.9 Å². The van der Waals surface area contributed by atoms with Crippen molar-refractivity contribution in [2.45, 2.75) is 17.9 Å². The van der Waals surface area contributed by atoms with Gasteiger partial charge in [0.1, 0.15) is 6.04 Å². The molecule has 0 aromatic heterocycles. The molecule has 1 atom stereocenters. The van der Waals surface area contributed by atoms with Gasteiger partial charge in [-0.15, -0.1) is 0 Å². The number of sulfonamides is 1. The summed E-state index contributed by atoms with van der Waals surface area (Å²) in [5, 5.41) is 2.99. The SMILES string of the molecule is CC(NC(=O)c1cccc(NS(=O)(=O)c2ccc(Cl)c(Cl)c2)c1)C(=O)N1CCOCC1. The molecule has 0 radical (unpaired) electrons. The monoisotopic (exact) mass is 485 g/mol. The molecule has 1 unspecified atom stereocenters. The highest BCUT2D eigenvalue weighted by atomic mass is 35.5. The van der Waals surface area contributed by atoms with Crippen molar-refractivity contribution >= 4 is 50.7 Å². The number of rotatable bonds is 6. The predicted octanol–water partition coefficient (Wildman–Crippen LogP) is 2.77. The van der Waals surface area contributed by atoms with E-state index in [1.807, 2.05) is 0 Å². The molecule has 166 valence electrons.